The average molecular weight is 263 g/mol. The number of hydrogen-bond donors (Lipinski definition) is 0. The topological polar surface area (TPSA) is 35.5 Å². The molecule has 2 fully saturated rings. The van der Waals surface area contributed by atoms with Crippen molar-refractivity contribution >= 4 is 18.6 Å². The molecule has 0 unspecified atom stereocenters. The molecule has 0 atom stereocenters. The van der Waals surface area contributed by atoms with E-state index in [1.54, 1.807) is 0 Å². The molecule has 2 rings (SSSR count). The number of ether oxygens (including phenoxy) is 2. The van der Waals surface area contributed by atoms with Gasteiger partial charge in [-0.25, -0.2) is 4.79 Å². The van der Waals surface area contributed by atoms with Gasteiger partial charge in [-0.1, -0.05) is 12.8 Å². The number of hydrogen-bond acceptors (Lipinski definition) is 3. The first-order valence-corrected chi connectivity index (χ1v) is 6.72. The fourth-order valence-corrected chi connectivity index (χ4v) is 2.67. The van der Waals surface area contributed by atoms with E-state index in [-0.39, 0.29) is 24.6 Å². The summed E-state index contributed by atoms with van der Waals surface area (Å²) in [4.78, 5) is 11.5. The van der Waals surface area contributed by atoms with Gasteiger partial charge in [0.2, 0.25) is 0 Å². The molecule has 0 aliphatic heterocycles. The highest BCUT2D eigenvalue weighted by molar-refractivity contribution is 5.85. The van der Waals surface area contributed by atoms with Crippen molar-refractivity contribution in [2.75, 3.05) is 0 Å². The lowest BCUT2D eigenvalue weighted by molar-refractivity contribution is -0.0189. The minimum Gasteiger partial charge on any atom is -0.431 e. The van der Waals surface area contributed by atoms with Gasteiger partial charge in [-0.2, -0.15) is 0 Å². The highest BCUT2D eigenvalue weighted by Crippen LogP contribution is 2.23. The highest BCUT2D eigenvalue weighted by Gasteiger charge is 2.22. The van der Waals surface area contributed by atoms with Crippen molar-refractivity contribution in [2.45, 2.75) is 76.4 Å². The Morgan fingerprint density at radius 3 is 1.41 bits per heavy atom. The zero-order valence-corrected chi connectivity index (χ0v) is 11.2. The molecule has 4 heteroatoms. The van der Waals surface area contributed by atoms with Gasteiger partial charge in [-0.3, -0.25) is 0 Å². The first-order valence-electron chi connectivity index (χ1n) is 6.72. The minimum atomic E-state index is -0.432. The van der Waals surface area contributed by atoms with Crippen molar-refractivity contribution in [1.82, 2.24) is 0 Å². The summed E-state index contributed by atoms with van der Waals surface area (Å²) in [6.07, 6.45) is 11.1. The Kier molecular flexibility index (Phi) is 6.71. The van der Waals surface area contributed by atoms with Crippen molar-refractivity contribution in [3.63, 3.8) is 0 Å². The predicted octanol–water partition coefficient (Wildman–Crippen LogP) is 4.23. The van der Waals surface area contributed by atoms with Crippen molar-refractivity contribution < 1.29 is 14.3 Å². The molecule has 0 amide bonds. The normalized spacial score (nSPS) is 22.6. The predicted molar refractivity (Wildman–Crippen MR) is 68.6 cm³/mol. The van der Waals surface area contributed by atoms with E-state index in [1.807, 2.05) is 0 Å². The van der Waals surface area contributed by atoms with E-state index in [1.165, 1.54) is 38.5 Å². The van der Waals surface area contributed by atoms with Crippen LogP contribution in [0.15, 0.2) is 0 Å². The SMILES string of the molecule is Cl.O=C(OC1CCCCC1)OC1CCCCC1. The van der Waals surface area contributed by atoms with Crippen LogP contribution in [0, 0.1) is 0 Å². The molecule has 0 aromatic rings. The van der Waals surface area contributed by atoms with E-state index in [0.29, 0.717) is 0 Å². The molecule has 3 nitrogen and oxygen atoms in total. The zero-order chi connectivity index (χ0) is 11.2. The fraction of sp³-hybridized carbons (Fsp3) is 0.923. The maximum absolute atomic E-state index is 11.5. The molecule has 0 heterocycles. The molecule has 0 spiro atoms. The Hall–Kier alpha value is -0.440. The lowest BCUT2D eigenvalue weighted by atomic mass is 9.98. The quantitative estimate of drug-likeness (QED) is 0.699. The molecule has 0 N–H and O–H groups in total. The lowest BCUT2D eigenvalue weighted by Gasteiger charge is -2.25. The Balaban J connectivity index is 0.00000144. The largest absolute Gasteiger partial charge is 0.508 e. The van der Waals surface area contributed by atoms with E-state index in [2.05, 4.69) is 0 Å². The van der Waals surface area contributed by atoms with E-state index in [9.17, 15) is 4.79 Å². The Labute approximate surface area is 110 Å². The van der Waals surface area contributed by atoms with Crippen LogP contribution < -0.4 is 0 Å². The monoisotopic (exact) mass is 262 g/mol. The second-order valence-electron chi connectivity index (χ2n) is 5.01. The van der Waals surface area contributed by atoms with Crippen LogP contribution in [0.4, 0.5) is 4.79 Å². The molecule has 2 saturated carbocycles. The maximum atomic E-state index is 11.5. The maximum Gasteiger partial charge on any atom is 0.508 e. The van der Waals surface area contributed by atoms with Gasteiger partial charge in [0.05, 0.1) is 0 Å². The standard InChI is InChI=1S/C13H22O3.ClH/c14-13(15-11-7-3-1-4-8-11)16-12-9-5-2-6-10-12;/h11-12H,1-10H2;1H. The molecule has 2 aliphatic rings. The second-order valence-corrected chi connectivity index (χ2v) is 5.01. The van der Waals surface area contributed by atoms with Crippen LogP contribution in [0.5, 0.6) is 0 Å². The zero-order valence-electron chi connectivity index (χ0n) is 10.4. The summed E-state index contributed by atoms with van der Waals surface area (Å²) < 4.78 is 10.7. The van der Waals surface area contributed by atoms with E-state index >= 15 is 0 Å². The van der Waals surface area contributed by atoms with Gasteiger partial charge in [-0.05, 0) is 51.4 Å². The van der Waals surface area contributed by atoms with Crippen LogP contribution >= 0.6 is 12.4 Å². The van der Waals surface area contributed by atoms with E-state index in [0.717, 1.165) is 25.7 Å². The Morgan fingerprint density at radius 2 is 1.06 bits per heavy atom. The van der Waals surface area contributed by atoms with Gasteiger partial charge in [0.1, 0.15) is 12.2 Å². The summed E-state index contributed by atoms with van der Waals surface area (Å²) in [6, 6.07) is 0. The average Bonchev–Trinajstić information content (AvgIpc) is 2.31. The molecule has 0 saturated heterocycles. The fourth-order valence-electron chi connectivity index (χ4n) is 2.67. The van der Waals surface area contributed by atoms with Crippen LogP contribution in [-0.4, -0.2) is 18.4 Å². The van der Waals surface area contributed by atoms with Crippen LogP contribution in [0.1, 0.15) is 64.2 Å². The molecule has 100 valence electrons. The van der Waals surface area contributed by atoms with Crippen LogP contribution in [0.3, 0.4) is 0 Å². The molecule has 0 aromatic heterocycles. The van der Waals surface area contributed by atoms with Crippen molar-refractivity contribution in [3.8, 4) is 0 Å². The summed E-state index contributed by atoms with van der Waals surface area (Å²) >= 11 is 0. The van der Waals surface area contributed by atoms with Crippen molar-refractivity contribution in [3.05, 3.63) is 0 Å². The molecular weight excluding hydrogens is 240 g/mol. The van der Waals surface area contributed by atoms with Crippen LogP contribution in [0.2, 0.25) is 0 Å². The van der Waals surface area contributed by atoms with E-state index < -0.39 is 6.16 Å². The van der Waals surface area contributed by atoms with Gasteiger partial charge in [-0.15, -0.1) is 12.4 Å². The van der Waals surface area contributed by atoms with Gasteiger partial charge in [0, 0.05) is 0 Å². The van der Waals surface area contributed by atoms with Gasteiger partial charge in [0.25, 0.3) is 0 Å². The second kappa shape index (κ2) is 7.80. The third-order valence-electron chi connectivity index (χ3n) is 3.63. The smallest absolute Gasteiger partial charge is 0.431 e. The molecular formula is C13H23ClO3. The van der Waals surface area contributed by atoms with Crippen molar-refractivity contribution in [2.24, 2.45) is 0 Å². The minimum absolute atomic E-state index is 0. The Morgan fingerprint density at radius 1 is 0.706 bits per heavy atom. The lowest BCUT2D eigenvalue weighted by Crippen LogP contribution is -2.26. The molecule has 0 radical (unpaired) electrons. The summed E-state index contributed by atoms with van der Waals surface area (Å²) in [5.41, 5.74) is 0. The van der Waals surface area contributed by atoms with Crippen LogP contribution in [0.25, 0.3) is 0 Å². The number of carbonyl (C=O) groups is 1. The Bertz CT molecular complexity index is 199. The summed E-state index contributed by atoms with van der Waals surface area (Å²) in [7, 11) is 0. The summed E-state index contributed by atoms with van der Waals surface area (Å²) in [5, 5.41) is 0. The number of rotatable bonds is 2. The third kappa shape index (κ3) is 5.15. The number of halogens is 1. The third-order valence-corrected chi connectivity index (χ3v) is 3.63. The van der Waals surface area contributed by atoms with Crippen LogP contribution in [-0.2, 0) is 9.47 Å². The molecule has 2 aliphatic carbocycles. The molecule has 0 bridgehead atoms. The van der Waals surface area contributed by atoms with E-state index in [4.69, 9.17) is 9.47 Å². The van der Waals surface area contributed by atoms with Crippen molar-refractivity contribution in [1.29, 1.82) is 0 Å². The van der Waals surface area contributed by atoms with Gasteiger partial charge >= 0.3 is 6.16 Å². The summed E-state index contributed by atoms with van der Waals surface area (Å²) in [6.45, 7) is 0. The van der Waals surface area contributed by atoms with Gasteiger partial charge < -0.3 is 9.47 Å². The molecule has 0 aromatic carbocycles. The summed E-state index contributed by atoms with van der Waals surface area (Å²) in [5.74, 6) is 0. The number of carbonyl (C=O) groups excluding carboxylic acids is 1. The first kappa shape index (κ1) is 14.6. The first-order chi connectivity index (χ1) is 7.84. The van der Waals surface area contributed by atoms with Gasteiger partial charge in [0.15, 0.2) is 0 Å². The molecule has 17 heavy (non-hydrogen) atoms. The highest BCUT2D eigenvalue weighted by atomic mass is 35.5.